The highest BCUT2D eigenvalue weighted by atomic mass is 31.1. The van der Waals surface area contributed by atoms with E-state index in [1.807, 2.05) is 75.6 Å². The molecule has 0 bridgehead atoms. The molecule has 0 unspecified atom stereocenters. The van der Waals surface area contributed by atoms with Crippen LogP contribution < -0.4 is 5.30 Å². The Labute approximate surface area is 144 Å². The van der Waals surface area contributed by atoms with Gasteiger partial charge in [0.2, 0.25) is 0 Å². The van der Waals surface area contributed by atoms with Gasteiger partial charge in [-0.1, -0.05) is 65.0 Å². The second-order valence-corrected chi connectivity index (χ2v) is 7.41. The molecule has 6 nitrogen and oxygen atoms in total. The lowest BCUT2D eigenvalue weighted by molar-refractivity contribution is 0.845. The highest BCUT2D eigenvalue weighted by Gasteiger charge is 2.23. The summed E-state index contributed by atoms with van der Waals surface area (Å²) in [6.07, 6.45) is 0. The fraction of sp³-hybridized carbons (Fsp3) is 0. The molecule has 120 valence electrons. The van der Waals surface area contributed by atoms with Crippen molar-refractivity contribution in [2.75, 3.05) is 0 Å². The molecule has 0 fully saturated rings. The van der Waals surface area contributed by atoms with E-state index in [0.29, 0.717) is 0 Å². The van der Waals surface area contributed by atoms with E-state index in [1.54, 1.807) is 0 Å². The van der Waals surface area contributed by atoms with Crippen LogP contribution in [0.3, 0.4) is 0 Å². The second kappa shape index (κ2) is 5.76. The molecule has 2 heterocycles. The third kappa shape index (κ3) is 2.30. The van der Waals surface area contributed by atoms with Gasteiger partial charge in [0.25, 0.3) is 0 Å². The van der Waals surface area contributed by atoms with E-state index in [2.05, 4.69) is 32.8 Å². The van der Waals surface area contributed by atoms with Crippen LogP contribution in [0.5, 0.6) is 0 Å². The Morgan fingerprint density at radius 3 is 1.60 bits per heavy atom. The van der Waals surface area contributed by atoms with Gasteiger partial charge in [-0.25, -0.2) is 0 Å². The van der Waals surface area contributed by atoms with Gasteiger partial charge >= 0.3 is 0 Å². The van der Waals surface area contributed by atoms with Crippen LogP contribution in [0.1, 0.15) is 0 Å². The molecule has 0 N–H and O–H groups in total. The maximum absolute atomic E-state index is 4.44. The Morgan fingerprint density at radius 2 is 1.04 bits per heavy atom. The molecule has 0 saturated carbocycles. The molecule has 0 atom stereocenters. The highest BCUT2D eigenvalue weighted by molar-refractivity contribution is 7.62. The maximum atomic E-state index is 4.44. The SMILES string of the molecule is c1ccc(P(n2nnc3ccccc32)n2nnc3ccccc32)cc1. The van der Waals surface area contributed by atoms with Crippen molar-refractivity contribution in [3.63, 3.8) is 0 Å². The topological polar surface area (TPSA) is 61.4 Å². The Hall–Kier alpha value is -3.11. The molecule has 5 rings (SSSR count). The Morgan fingerprint density at radius 1 is 0.560 bits per heavy atom. The highest BCUT2D eigenvalue weighted by Crippen LogP contribution is 2.40. The van der Waals surface area contributed by atoms with Crippen molar-refractivity contribution >= 4 is 35.6 Å². The molecule has 0 aliphatic heterocycles. The first kappa shape index (κ1) is 14.3. The average molecular weight is 344 g/mol. The number of hydrogen-bond acceptors (Lipinski definition) is 4. The van der Waals surface area contributed by atoms with Crippen LogP contribution >= 0.6 is 8.22 Å². The molecule has 25 heavy (non-hydrogen) atoms. The van der Waals surface area contributed by atoms with Crippen molar-refractivity contribution in [2.45, 2.75) is 0 Å². The summed E-state index contributed by atoms with van der Waals surface area (Å²) in [5.74, 6) is 0. The smallest absolute Gasteiger partial charge is 0.176 e. The first-order valence-electron chi connectivity index (χ1n) is 7.88. The van der Waals surface area contributed by atoms with Crippen molar-refractivity contribution in [1.29, 1.82) is 0 Å². The fourth-order valence-electron chi connectivity index (χ4n) is 2.85. The predicted octanol–water partition coefficient (Wildman–Crippen LogP) is 3.21. The van der Waals surface area contributed by atoms with Crippen molar-refractivity contribution in [3.05, 3.63) is 78.9 Å². The van der Waals surface area contributed by atoms with E-state index in [0.717, 1.165) is 27.4 Å². The van der Waals surface area contributed by atoms with Crippen molar-refractivity contribution in [3.8, 4) is 0 Å². The molecule has 0 saturated heterocycles. The largest absolute Gasteiger partial charge is 0.197 e. The van der Waals surface area contributed by atoms with E-state index in [1.165, 1.54) is 0 Å². The second-order valence-electron chi connectivity index (χ2n) is 5.56. The van der Waals surface area contributed by atoms with E-state index in [9.17, 15) is 0 Å². The number of para-hydroxylation sites is 2. The standard InChI is InChI=1S/C18H13N6P/c1-2-8-14(9-3-1)25(23-17-12-6-4-10-15(17)19-21-23)24-18-13-7-5-11-16(18)20-22-24/h1-13H. The van der Waals surface area contributed by atoms with Crippen LogP contribution in [0.25, 0.3) is 22.1 Å². The normalized spacial score (nSPS) is 11.6. The minimum atomic E-state index is -1.09. The summed E-state index contributed by atoms with van der Waals surface area (Å²) in [5, 5.41) is 18.7. The zero-order chi connectivity index (χ0) is 16.6. The van der Waals surface area contributed by atoms with Crippen LogP contribution in [0, 0.1) is 0 Å². The van der Waals surface area contributed by atoms with E-state index >= 15 is 0 Å². The van der Waals surface area contributed by atoms with E-state index < -0.39 is 8.22 Å². The Kier molecular flexibility index (Phi) is 3.28. The molecule has 7 heteroatoms. The molecular formula is C18H13N6P. The van der Waals surface area contributed by atoms with Gasteiger partial charge in [-0.3, -0.25) is 0 Å². The summed E-state index contributed by atoms with van der Waals surface area (Å²) in [4.78, 5) is 0. The van der Waals surface area contributed by atoms with E-state index in [-0.39, 0.29) is 0 Å². The third-order valence-corrected chi connectivity index (χ3v) is 6.08. The average Bonchev–Trinajstić information content (AvgIpc) is 3.29. The predicted molar refractivity (Wildman–Crippen MR) is 98.8 cm³/mol. The van der Waals surface area contributed by atoms with E-state index in [4.69, 9.17) is 0 Å². The number of rotatable bonds is 3. The number of fused-ring (bicyclic) bond motifs is 2. The van der Waals surface area contributed by atoms with Gasteiger partial charge in [-0.05, 0) is 24.3 Å². The summed E-state index contributed by atoms with van der Waals surface area (Å²) < 4.78 is 3.92. The van der Waals surface area contributed by atoms with Gasteiger partial charge in [0.05, 0.1) is 11.0 Å². The van der Waals surface area contributed by atoms with Crippen molar-refractivity contribution < 1.29 is 0 Å². The maximum Gasteiger partial charge on any atom is 0.176 e. The number of aromatic nitrogens is 6. The minimum Gasteiger partial charge on any atom is -0.197 e. The zero-order valence-electron chi connectivity index (χ0n) is 13.1. The molecule has 0 amide bonds. The van der Waals surface area contributed by atoms with Gasteiger partial charge < -0.3 is 0 Å². The monoisotopic (exact) mass is 344 g/mol. The summed E-state index contributed by atoms with van der Waals surface area (Å²) in [5.41, 5.74) is 3.71. The van der Waals surface area contributed by atoms with Gasteiger partial charge in [0, 0.05) is 5.30 Å². The van der Waals surface area contributed by atoms with Gasteiger partial charge in [-0.2, -0.15) is 8.90 Å². The van der Waals surface area contributed by atoms with Crippen LogP contribution in [0.15, 0.2) is 78.9 Å². The molecule has 0 aliphatic rings. The summed E-state index contributed by atoms with van der Waals surface area (Å²) in [6.45, 7) is 0. The third-order valence-electron chi connectivity index (χ3n) is 4.01. The van der Waals surface area contributed by atoms with Gasteiger partial charge in [0.1, 0.15) is 11.0 Å². The summed E-state index contributed by atoms with van der Waals surface area (Å²) >= 11 is 0. The molecule has 0 radical (unpaired) electrons. The van der Waals surface area contributed by atoms with Crippen molar-refractivity contribution in [1.82, 2.24) is 29.5 Å². The van der Waals surface area contributed by atoms with Gasteiger partial charge in [-0.15, -0.1) is 10.2 Å². The lowest BCUT2D eigenvalue weighted by Crippen LogP contribution is -2.15. The molecule has 5 aromatic rings. The van der Waals surface area contributed by atoms with Crippen LogP contribution in [0.4, 0.5) is 0 Å². The van der Waals surface area contributed by atoms with Crippen LogP contribution in [-0.4, -0.2) is 29.5 Å². The summed E-state index contributed by atoms with van der Waals surface area (Å²) in [6, 6.07) is 26.2. The van der Waals surface area contributed by atoms with Crippen LogP contribution in [0.2, 0.25) is 0 Å². The Balaban J connectivity index is 1.81. The van der Waals surface area contributed by atoms with Gasteiger partial charge in [0.15, 0.2) is 8.22 Å². The molecule has 0 spiro atoms. The van der Waals surface area contributed by atoms with Crippen molar-refractivity contribution in [2.24, 2.45) is 0 Å². The molecule has 0 aliphatic carbocycles. The first-order valence-corrected chi connectivity index (χ1v) is 9.13. The number of benzene rings is 3. The number of hydrogen-bond donors (Lipinski definition) is 0. The lowest BCUT2D eigenvalue weighted by atomic mass is 10.3. The first-order chi connectivity index (χ1) is 12.4. The quantitative estimate of drug-likeness (QED) is 0.472. The molecule has 3 aromatic carbocycles. The molecular weight excluding hydrogens is 331 g/mol. The minimum absolute atomic E-state index is 0.871. The van der Waals surface area contributed by atoms with Crippen LogP contribution in [-0.2, 0) is 0 Å². The number of nitrogens with zero attached hydrogens (tertiary/aromatic N) is 6. The lowest BCUT2D eigenvalue weighted by Gasteiger charge is -2.18. The fourth-order valence-corrected chi connectivity index (χ4v) is 4.87. The Bertz CT molecular complexity index is 1090. The summed E-state index contributed by atoms with van der Waals surface area (Å²) in [7, 11) is -1.09. The molecule has 2 aromatic heterocycles. The zero-order valence-corrected chi connectivity index (χ0v) is 14.0.